The van der Waals surface area contributed by atoms with Gasteiger partial charge in [0.15, 0.2) is 5.16 Å². The van der Waals surface area contributed by atoms with Gasteiger partial charge in [0.1, 0.15) is 0 Å². The first kappa shape index (κ1) is 17.0. The molecule has 0 saturated carbocycles. The number of hydrogen-bond acceptors (Lipinski definition) is 4. The van der Waals surface area contributed by atoms with Gasteiger partial charge in [-0.2, -0.15) is 0 Å². The number of pyridine rings is 1. The lowest BCUT2D eigenvalue weighted by Crippen LogP contribution is -2.14. The van der Waals surface area contributed by atoms with E-state index in [2.05, 4.69) is 15.0 Å². The molecule has 0 atom stereocenters. The Labute approximate surface area is 153 Å². The molecule has 0 aliphatic carbocycles. The van der Waals surface area contributed by atoms with Crippen molar-refractivity contribution in [2.24, 2.45) is 0 Å². The molecule has 2 aromatic heterocycles. The van der Waals surface area contributed by atoms with Gasteiger partial charge in [0.25, 0.3) is 5.56 Å². The van der Waals surface area contributed by atoms with Crippen LogP contribution >= 0.6 is 35.0 Å². The Bertz CT molecular complexity index is 900. The van der Waals surface area contributed by atoms with Crippen LogP contribution in [-0.4, -0.2) is 15.0 Å². The van der Waals surface area contributed by atoms with Crippen LogP contribution in [0.5, 0.6) is 0 Å². The van der Waals surface area contributed by atoms with Crippen molar-refractivity contribution in [3.05, 3.63) is 86.0 Å². The van der Waals surface area contributed by atoms with E-state index in [0.717, 1.165) is 11.1 Å². The number of benzene rings is 1. The van der Waals surface area contributed by atoms with Crippen molar-refractivity contribution in [1.29, 1.82) is 0 Å². The van der Waals surface area contributed by atoms with E-state index in [1.165, 1.54) is 11.8 Å². The molecule has 1 N–H and O–H groups in total. The van der Waals surface area contributed by atoms with Crippen molar-refractivity contribution >= 4 is 35.0 Å². The molecule has 0 aliphatic heterocycles. The molecule has 2 heterocycles. The summed E-state index contributed by atoms with van der Waals surface area (Å²) in [5.41, 5.74) is 2.46. The van der Waals surface area contributed by atoms with Gasteiger partial charge < -0.3 is 4.98 Å². The van der Waals surface area contributed by atoms with E-state index < -0.39 is 0 Å². The number of rotatable bonds is 5. The summed E-state index contributed by atoms with van der Waals surface area (Å²) in [6.45, 7) is 0. The second-order valence-corrected chi connectivity index (χ2v) is 6.90. The molecule has 4 nitrogen and oxygen atoms in total. The molecule has 122 valence electrons. The van der Waals surface area contributed by atoms with Gasteiger partial charge in [0, 0.05) is 36.3 Å². The third kappa shape index (κ3) is 4.38. The van der Waals surface area contributed by atoms with Crippen molar-refractivity contribution in [2.75, 3.05) is 0 Å². The van der Waals surface area contributed by atoms with Crippen molar-refractivity contribution in [1.82, 2.24) is 15.0 Å². The third-order valence-corrected chi connectivity index (χ3v) is 5.02. The van der Waals surface area contributed by atoms with Crippen molar-refractivity contribution < 1.29 is 0 Å². The lowest BCUT2D eigenvalue weighted by Gasteiger charge is -2.05. The van der Waals surface area contributed by atoms with Crippen LogP contribution in [0, 0.1) is 0 Å². The van der Waals surface area contributed by atoms with Crippen molar-refractivity contribution in [3.8, 4) is 0 Å². The highest BCUT2D eigenvalue weighted by Crippen LogP contribution is 2.26. The van der Waals surface area contributed by atoms with Crippen molar-refractivity contribution in [3.63, 3.8) is 0 Å². The highest BCUT2D eigenvalue weighted by atomic mass is 35.5. The molecule has 7 heteroatoms. The maximum Gasteiger partial charge on any atom is 0.255 e. The number of aromatic nitrogens is 3. The van der Waals surface area contributed by atoms with Gasteiger partial charge in [-0.1, -0.05) is 47.1 Å². The second-order valence-electron chi connectivity index (χ2n) is 5.12. The molecule has 1 aromatic carbocycles. The van der Waals surface area contributed by atoms with Gasteiger partial charge in [-0.25, -0.2) is 4.98 Å². The number of nitrogens with zero attached hydrogens (tertiary/aromatic N) is 2. The Balaban J connectivity index is 1.68. The zero-order chi connectivity index (χ0) is 16.9. The molecule has 3 aromatic rings. The third-order valence-electron chi connectivity index (χ3n) is 3.33. The minimum Gasteiger partial charge on any atom is -0.301 e. The van der Waals surface area contributed by atoms with E-state index in [-0.39, 0.29) is 5.56 Å². The van der Waals surface area contributed by atoms with Crippen LogP contribution in [0.15, 0.2) is 58.9 Å². The number of nitrogens with one attached hydrogen (secondary N) is 1. The fraction of sp³-hybridized carbons (Fsp3) is 0.118. The molecule has 0 aliphatic rings. The van der Waals surface area contributed by atoms with E-state index in [1.54, 1.807) is 24.7 Å². The summed E-state index contributed by atoms with van der Waals surface area (Å²) in [7, 11) is 0. The number of hydrogen-bond donors (Lipinski definition) is 1. The van der Waals surface area contributed by atoms with Gasteiger partial charge in [0.2, 0.25) is 0 Å². The Kier molecular flexibility index (Phi) is 5.56. The van der Waals surface area contributed by atoms with Gasteiger partial charge in [0.05, 0.1) is 10.0 Å². The molecule has 0 radical (unpaired) electrons. The minimum absolute atomic E-state index is 0.134. The summed E-state index contributed by atoms with van der Waals surface area (Å²) in [5, 5.41) is 1.61. The average Bonchev–Trinajstić information content (AvgIpc) is 2.59. The van der Waals surface area contributed by atoms with E-state index in [4.69, 9.17) is 23.2 Å². The first-order chi connectivity index (χ1) is 11.6. The predicted octanol–water partition coefficient (Wildman–Crippen LogP) is 4.35. The van der Waals surface area contributed by atoms with Crippen LogP contribution in [0.25, 0.3) is 0 Å². The Morgan fingerprint density at radius 3 is 2.67 bits per heavy atom. The lowest BCUT2D eigenvalue weighted by atomic mass is 10.1. The molecule has 0 bridgehead atoms. The van der Waals surface area contributed by atoms with Gasteiger partial charge in [-0.05, 0) is 29.3 Å². The van der Waals surface area contributed by atoms with E-state index in [1.807, 2.05) is 24.3 Å². The second kappa shape index (κ2) is 7.83. The minimum atomic E-state index is -0.134. The zero-order valence-corrected chi connectivity index (χ0v) is 14.8. The molecule has 24 heavy (non-hydrogen) atoms. The van der Waals surface area contributed by atoms with Gasteiger partial charge >= 0.3 is 0 Å². The van der Waals surface area contributed by atoms with E-state index in [0.29, 0.717) is 32.9 Å². The normalized spacial score (nSPS) is 10.8. The zero-order valence-electron chi connectivity index (χ0n) is 12.5. The summed E-state index contributed by atoms with van der Waals surface area (Å²) < 4.78 is 0. The fourth-order valence-electron chi connectivity index (χ4n) is 2.11. The van der Waals surface area contributed by atoms with Crippen LogP contribution in [0.1, 0.15) is 16.7 Å². The lowest BCUT2D eigenvalue weighted by molar-refractivity contribution is 0.898. The molecule has 0 unspecified atom stereocenters. The average molecular weight is 378 g/mol. The van der Waals surface area contributed by atoms with Crippen LogP contribution in [0.4, 0.5) is 0 Å². The summed E-state index contributed by atoms with van der Waals surface area (Å²) in [4.78, 5) is 23.4. The van der Waals surface area contributed by atoms with Crippen LogP contribution in [0.3, 0.4) is 0 Å². The summed E-state index contributed by atoms with van der Waals surface area (Å²) in [6, 6.07) is 9.24. The number of halogens is 2. The topological polar surface area (TPSA) is 58.6 Å². The maximum atomic E-state index is 12.2. The molecule has 0 amide bonds. The van der Waals surface area contributed by atoms with Crippen LogP contribution < -0.4 is 5.56 Å². The standard InChI is InChI=1S/C17H13Cl2N3OS/c18-14-4-3-12(7-15(14)19)10-24-17-21-9-13(16(23)22-17)6-11-2-1-5-20-8-11/h1-5,7-9H,6,10H2,(H,21,22,23). The number of aromatic amines is 1. The highest BCUT2D eigenvalue weighted by molar-refractivity contribution is 7.98. The highest BCUT2D eigenvalue weighted by Gasteiger charge is 2.06. The maximum absolute atomic E-state index is 12.2. The molecular weight excluding hydrogens is 365 g/mol. The number of H-pyrrole nitrogens is 1. The summed E-state index contributed by atoms with van der Waals surface area (Å²) in [6.07, 6.45) is 5.57. The summed E-state index contributed by atoms with van der Waals surface area (Å²) >= 11 is 13.3. The molecule has 3 rings (SSSR count). The molecular formula is C17H13Cl2N3OS. The summed E-state index contributed by atoms with van der Waals surface area (Å²) in [5.74, 6) is 0.641. The fourth-order valence-corrected chi connectivity index (χ4v) is 3.20. The Morgan fingerprint density at radius 1 is 1.08 bits per heavy atom. The van der Waals surface area contributed by atoms with E-state index >= 15 is 0 Å². The van der Waals surface area contributed by atoms with Crippen LogP contribution in [-0.2, 0) is 12.2 Å². The predicted molar refractivity (Wildman–Crippen MR) is 97.9 cm³/mol. The molecule has 0 saturated heterocycles. The van der Waals surface area contributed by atoms with Crippen molar-refractivity contribution in [2.45, 2.75) is 17.3 Å². The van der Waals surface area contributed by atoms with Crippen LogP contribution in [0.2, 0.25) is 10.0 Å². The quantitative estimate of drug-likeness (QED) is 0.530. The first-order valence-electron chi connectivity index (χ1n) is 7.15. The molecule has 0 fully saturated rings. The van der Waals surface area contributed by atoms with Gasteiger partial charge in [-0.3, -0.25) is 9.78 Å². The van der Waals surface area contributed by atoms with Gasteiger partial charge in [-0.15, -0.1) is 0 Å². The number of thioether (sulfide) groups is 1. The Hall–Kier alpha value is -1.82. The molecule has 0 spiro atoms. The SMILES string of the molecule is O=c1[nH]c(SCc2ccc(Cl)c(Cl)c2)ncc1Cc1cccnc1. The Morgan fingerprint density at radius 2 is 1.96 bits per heavy atom. The van der Waals surface area contributed by atoms with E-state index in [9.17, 15) is 4.79 Å². The smallest absolute Gasteiger partial charge is 0.255 e. The largest absolute Gasteiger partial charge is 0.301 e. The first-order valence-corrected chi connectivity index (χ1v) is 8.90. The monoisotopic (exact) mass is 377 g/mol.